The van der Waals surface area contributed by atoms with E-state index in [2.05, 4.69) is 29.0 Å². The van der Waals surface area contributed by atoms with Gasteiger partial charge in [-0.25, -0.2) is 0 Å². The smallest absolute Gasteiger partial charge is 0.0271 e. The lowest BCUT2D eigenvalue weighted by Gasteiger charge is -2.07. The van der Waals surface area contributed by atoms with Gasteiger partial charge in [0.1, 0.15) is 0 Å². The summed E-state index contributed by atoms with van der Waals surface area (Å²) in [4.78, 5) is 3.99. The van der Waals surface area contributed by atoms with Crippen molar-refractivity contribution in [3.05, 3.63) is 72.6 Å². The van der Waals surface area contributed by atoms with Gasteiger partial charge in [-0.05, 0) is 28.8 Å². The van der Waals surface area contributed by atoms with Gasteiger partial charge in [-0.1, -0.05) is 36.9 Å². The average molecular weight is 224 g/mol. The van der Waals surface area contributed by atoms with Crippen LogP contribution >= 0.6 is 0 Å². The van der Waals surface area contributed by atoms with Gasteiger partial charge >= 0.3 is 0 Å². The Kier molecular flexibility index (Phi) is 4.05. The van der Waals surface area contributed by atoms with Crippen molar-refractivity contribution in [1.29, 1.82) is 0 Å². The molecule has 0 radical (unpaired) electrons. The van der Waals surface area contributed by atoms with E-state index in [1.807, 2.05) is 42.7 Å². The molecule has 1 aromatic carbocycles. The van der Waals surface area contributed by atoms with Crippen LogP contribution in [0.2, 0.25) is 0 Å². The summed E-state index contributed by atoms with van der Waals surface area (Å²) in [5.41, 5.74) is 3.54. The van der Waals surface area contributed by atoms with Crippen LogP contribution in [0.15, 0.2) is 61.4 Å². The van der Waals surface area contributed by atoms with Crippen LogP contribution in [0.3, 0.4) is 0 Å². The molecule has 0 bridgehead atoms. The third-order valence-electron chi connectivity index (χ3n) is 2.60. The van der Waals surface area contributed by atoms with Gasteiger partial charge in [-0.15, -0.1) is 0 Å². The number of nitrogens with one attached hydrogen (secondary N) is 1. The molecular weight excluding hydrogens is 208 g/mol. The summed E-state index contributed by atoms with van der Waals surface area (Å²) < 4.78 is 0. The number of hydrogen-bond donors (Lipinski definition) is 1. The molecule has 2 rings (SSSR count). The Hall–Kier alpha value is -1.93. The molecular formula is C15H16N2. The lowest BCUT2D eigenvalue weighted by atomic mass is 10.1. The van der Waals surface area contributed by atoms with E-state index in [0.717, 1.165) is 18.7 Å². The molecule has 0 saturated heterocycles. The molecule has 0 spiro atoms. The van der Waals surface area contributed by atoms with Crippen LogP contribution in [-0.4, -0.2) is 11.5 Å². The molecule has 0 atom stereocenters. The second-order valence-electron chi connectivity index (χ2n) is 3.93. The minimum Gasteiger partial charge on any atom is -0.309 e. The molecule has 17 heavy (non-hydrogen) atoms. The first-order valence-electron chi connectivity index (χ1n) is 5.69. The first-order valence-corrected chi connectivity index (χ1v) is 5.69. The third-order valence-corrected chi connectivity index (χ3v) is 2.60. The maximum atomic E-state index is 4.08. The number of pyridine rings is 1. The van der Waals surface area contributed by atoms with Gasteiger partial charge in [0.05, 0.1) is 0 Å². The van der Waals surface area contributed by atoms with Gasteiger partial charge < -0.3 is 5.32 Å². The lowest BCUT2D eigenvalue weighted by Crippen LogP contribution is -2.15. The normalized spacial score (nSPS) is 10.1. The molecule has 0 saturated carbocycles. The van der Waals surface area contributed by atoms with E-state index in [4.69, 9.17) is 0 Å². The summed E-state index contributed by atoms with van der Waals surface area (Å²) in [6, 6.07) is 14.3. The van der Waals surface area contributed by atoms with E-state index >= 15 is 0 Å². The predicted octanol–water partition coefficient (Wildman–Crippen LogP) is 2.88. The molecule has 0 aliphatic rings. The van der Waals surface area contributed by atoms with E-state index in [-0.39, 0.29) is 0 Å². The molecule has 0 amide bonds. The molecule has 2 heteroatoms. The van der Waals surface area contributed by atoms with Crippen molar-refractivity contribution < 1.29 is 0 Å². The molecule has 2 aromatic rings. The van der Waals surface area contributed by atoms with Crippen LogP contribution in [0.5, 0.6) is 0 Å². The largest absolute Gasteiger partial charge is 0.309 e. The highest BCUT2D eigenvalue weighted by Crippen LogP contribution is 2.10. The molecule has 0 aliphatic heterocycles. The second kappa shape index (κ2) is 5.97. The van der Waals surface area contributed by atoms with Gasteiger partial charge in [0.2, 0.25) is 0 Å². The third kappa shape index (κ3) is 3.54. The fourth-order valence-electron chi connectivity index (χ4n) is 1.63. The molecule has 1 N–H and O–H groups in total. The molecule has 0 aliphatic carbocycles. The van der Waals surface area contributed by atoms with E-state index in [9.17, 15) is 0 Å². The Labute approximate surface area is 102 Å². The molecule has 0 fully saturated rings. The van der Waals surface area contributed by atoms with E-state index in [0.29, 0.717) is 0 Å². The van der Waals surface area contributed by atoms with Crippen molar-refractivity contribution in [3.8, 4) is 0 Å². The maximum absolute atomic E-state index is 4.08. The number of nitrogens with zero attached hydrogens (tertiary/aromatic N) is 1. The van der Waals surface area contributed by atoms with Gasteiger partial charge in [-0.3, -0.25) is 4.98 Å². The van der Waals surface area contributed by atoms with Crippen molar-refractivity contribution in [3.63, 3.8) is 0 Å². The second-order valence-corrected chi connectivity index (χ2v) is 3.93. The Bertz CT molecular complexity index is 463. The van der Waals surface area contributed by atoms with Crippen LogP contribution in [0.1, 0.15) is 11.1 Å². The van der Waals surface area contributed by atoms with E-state index in [1.165, 1.54) is 11.1 Å². The van der Waals surface area contributed by atoms with Gasteiger partial charge in [0.25, 0.3) is 0 Å². The first kappa shape index (κ1) is 11.6. The molecule has 2 nitrogen and oxygen atoms in total. The Morgan fingerprint density at radius 2 is 1.76 bits per heavy atom. The van der Waals surface area contributed by atoms with Crippen molar-refractivity contribution in [2.45, 2.75) is 6.54 Å². The van der Waals surface area contributed by atoms with Gasteiger partial charge in [0.15, 0.2) is 0 Å². The zero-order valence-corrected chi connectivity index (χ0v) is 9.76. The summed E-state index contributed by atoms with van der Waals surface area (Å²) in [7, 11) is 0. The van der Waals surface area contributed by atoms with Crippen LogP contribution in [0.25, 0.3) is 5.57 Å². The molecule has 0 unspecified atom stereocenters. The topological polar surface area (TPSA) is 24.9 Å². The van der Waals surface area contributed by atoms with Crippen molar-refractivity contribution in [1.82, 2.24) is 10.3 Å². The highest BCUT2D eigenvalue weighted by Gasteiger charge is 1.97. The average Bonchev–Trinajstić information content (AvgIpc) is 2.41. The summed E-state index contributed by atoms with van der Waals surface area (Å²) in [6.07, 6.45) is 3.62. The standard InChI is InChI=1S/C15H16N2/c1-13(15-5-3-2-4-6-15)11-17-12-14-7-9-16-10-8-14/h2-10,17H,1,11-12H2. The SMILES string of the molecule is C=C(CNCc1ccncc1)c1ccccc1. The van der Waals surface area contributed by atoms with Crippen LogP contribution in [0.4, 0.5) is 0 Å². The minimum atomic E-state index is 0.798. The van der Waals surface area contributed by atoms with Crippen LogP contribution in [0, 0.1) is 0 Å². The highest BCUT2D eigenvalue weighted by molar-refractivity contribution is 5.64. The van der Waals surface area contributed by atoms with Crippen molar-refractivity contribution in [2.24, 2.45) is 0 Å². The number of aromatic nitrogens is 1. The van der Waals surface area contributed by atoms with E-state index in [1.54, 1.807) is 0 Å². The Balaban J connectivity index is 1.82. The summed E-state index contributed by atoms with van der Waals surface area (Å²) >= 11 is 0. The Morgan fingerprint density at radius 1 is 1.06 bits per heavy atom. The Morgan fingerprint density at radius 3 is 2.47 bits per heavy atom. The van der Waals surface area contributed by atoms with Crippen molar-refractivity contribution in [2.75, 3.05) is 6.54 Å². The van der Waals surface area contributed by atoms with Gasteiger partial charge in [-0.2, -0.15) is 0 Å². The number of benzene rings is 1. The maximum Gasteiger partial charge on any atom is 0.0271 e. The van der Waals surface area contributed by atoms with Crippen molar-refractivity contribution >= 4 is 5.57 Å². The number of hydrogen-bond acceptors (Lipinski definition) is 2. The fraction of sp³-hybridized carbons (Fsp3) is 0.133. The molecule has 86 valence electrons. The molecule has 1 heterocycles. The number of rotatable bonds is 5. The van der Waals surface area contributed by atoms with E-state index < -0.39 is 0 Å². The zero-order valence-electron chi connectivity index (χ0n) is 9.76. The predicted molar refractivity (Wildman–Crippen MR) is 71.4 cm³/mol. The zero-order chi connectivity index (χ0) is 11.9. The summed E-state index contributed by atoms with van der Waals surface area (Å²) in [5, 5.41) is 3.37. The molecule has 1 aromatic heterocycles. The van der Waals surface area contributed by atoms with Crippen LogP contribution in [-0.2, 0) is 6.54 Å². The lowest BCUT2D eigenvalue weighted by molar-refractivity contribution is 0.767. The minimum absolute atomic E-state index is 0.798. The van der Waals surface area contributed by atoms with Gasteiger partial charge in [0, 0.05) is 25.5 Å². The monoisotopic (exact) mass is 224 g/mol. The summed E-state index contributed by atoms with van der Waals surface area (Å²) in [6.45, 7) is 5.72. The first-order chi connectivity index (χ1) is 8.36. The van der Waals surface area contributed by atoms with Crippen LogP contribution < -0.4 is 5.32 Å². The quantitative estimate of drug-likeness (QED) is 0.844. The fourth-order valence-corrected chi connectivity index (χ4v) is 1.63. The highest BCUT2D eigenvalue weighted by atomic mass is 14.8. The summed E-state index contributed by atoms with van der Waals surface area (Å²) in [5.74, 6) is 0.